The number of amides is 1. The third kappa shape index (κ3) is 4.37. The average Bonchev–Trinajstić information content (AvgIpc) is 2.43. The van der Waals surface area contributed by atoms with E-state index >= 15 is 0 Å². The average molecular weight is 310 g/mol. The molecule has 1 aromatic rings. The number of benzene rings is 1. The molecule has 0 spiro atoms. The Kier molecular flexibility index (Phi) is 5.15. The molecule has 3 nitrogen and oxygen atoms in total. The summed E-state index contributed by atoms with van der Waals surface area (Å²) in [5.74, 6) is 0.740. The van der Waals surface area contributed by atoms with Gasteiger partial charge in [0.15, 0.2) is 6.10 Å². The van der Waals surface area contributed by atoms with E-state index in [0.717, 1.165) is 19.5 Å². The number of carbonyl (C=O) groups excluding carboxylic acids is 1. The molecule has 4 heteroatoms. The maximum Gasteiger partial charge on any atom is 0.263 e. The van der Waals surface area contributed by atoms with Crippen molar-refractivity contribution < 1.29 is 9.53 Å². The largest absolute Gasteiger partial charge is 0.481 e. The SMILES string of the molecule is CC[C@@H](Oc1cccc(Cl)c1)C(=O)N1CCCC(C)(C)C1. The Bertz CT molecular complexity index is 501. The molecular formula is C17H24ClNO2. The van der Waals surface area contributed by atoms with Crippen molar-refractivity contribution in [3.8, 4) is 5.75 Å². The molecule has 0 radical (unpaired) electrons. The summed E-state index contributed by atoms with van der Waals surface area (Å²) in [4.78, 5) is 14.6. The number of hydrogen-bond acceptors (Lipinski definition) is 2. The number of ether oxygens (including phenoxy) is 1. The monoisotopic (exact) mass is 309 g/mol. The fraction of sp³-hybridized carbons (Fsp3) is 0.588. The van der Waals surface area contributed by atoms with E-state index in [1.165, 1.54) is 6.42 Å². The molecule has 0 aromatic heterocycles. The summed E-state index contributed by atoms with van der Waals surface area (Å²) in [5, 5.41) is 0.619. The van der Waals surface area contributed by atoms with Crippen molar-refractivity contribution in [1.82, 2.24) is 4.90 Å². The zero-order chi connectivity index (χ0) is 15.5. The number of likely N-dealkylation sites (tertiary alicyclic amines) is 1. The first-order chi connectivity index (χ1) is 9.91. The molecule has 1 aliphatic heterocycles. The summed E-state index contributed by atoms with van der Waals surface area (Å²) in [6, 6.07) is 7.21. The number of halogens is 1. The van der Waals surface area contributed by atoms with Crippen LogP contribution in [0.2, 0.25) is 5.02 Å². The first kappa shape index (κ1) is 16.2. The number of rotatable bonds is 4. The zero-order valence-electron chi connectivity index (χ0n) is 13.1. The van der Waals surface area contributed by atoms with Gasteiger partial charge < -0.3 is 9.64 Å². The second-order valence-electron chi connectivity index (χ2n) is 6.50. The van der Waals surface area contributed by atoms with E-state index in [2.05, 4.69) is 13.8 Å². The van der Waals surface area contributed by atoms with Crippen LogP contribution in [0.1, 0.15) is 40.0 Å². The molecule has 1 atom stereocenters. The molecule has 21 heavy (non-hydrogen) atoms. The van der Waals surface area contributed by atoms with Gasteiger partial charge in [-0.3, -0.25) is 4.79 Å². The van der Waals surface area contributed by atoms with Crippen molar-refractivity contribution in [2.75, 3.05) is 13.1 Å². The van der Waals surface area contributed by atoms with Crippen LogP contribution in [-0.2, 0) is 4.79 Å². The number of nitrogens with zero attached hydrogens (tertiary/aromatic N) is 1. The normalized spacial score (nSPS) is 19.1. The van der Waals surface area contributed by atoms with Crippen molar-refractivity contribution in [2.45, 2.75) is 46.1 Å². The quantitative estimate of drug-likeness (QED) is 0.836. The minimum atomic E-state index is -0.433. The first-order valence-electron chi connectivity index (χ1n) is 7.62. The van der Waals surface area contributed by atoms with Crippen LogP contribution >= 0.6 is 11.6 Å². The van der Waals surface area contributed by atoms with Gasteiger partial charge in [0.25, 0.3) is 5.91 Å². The van der Waals surface area contributed by atoms with E-state index < -0.39 is 6.10 Å². The van der Waals surface area contributed by atoms with E-state index in [1.54, 1.807) is 12.1 Å². The molecule has 1 amide bonds. The molecule has 1 aromatic carbocycles. The highest BCUT2D eigenvalue weighted by atomic mass is 35.5. The van der Waals surface area contributed by atoms with Gasteiger partial charge in [-0.05, 0) is 42.9 Å². The Morgan fingerprint density at radius 2 is 2.24 bits per heavy atom. The predicted molar refractivity (Wildman–Crippen MR) is 85.8 cm³/mol. The van der Waals surface area contributed by atoms with E-state index in [9.17, 15) is 4.79 Å². The maximum absolute atomic E-state index is 12.7. The molecule has 0 unspecified atom stereocenters. The number of hydrogen-bond donors (Lipinski definition) is 0. The van der Waals surface area contributed by atoms with Gasteiger partial charge in [0.1, 0.15) is 5.75 Å². The van der Waals surface area contributed by atoms with Gasteiger partial charge >= 0.3 is 0 Å². The summed E-state index contributed by atoms with van der Waals surface area (Å²) in [5.41, 5.74) is 0.197. The minimum absolute atomic E-state index is 0.0882. The Balaban J connectivity index is 2.04. The first-order valence-corrected chi connectivity index (χ1v) is 8.00. The van der Waals surface area contributed by atoms with Crippen LogP contribution < -0.4 is 4.74 Å². The van der Waals surface area contributed by atoms with Crippen LogP contribution in [0, 0.1) is 5.41 Å². The lowest BCUT2D eigenvalue weighted by atomic mass is 9.84. The van der Waals surface area contributed by atoms with Crippen molar-refractivity contribution in [2.24, 2.45) is 5.41 Å². The van der Waals surface area contributed by atoms with Gasteiger partial charge in [-0.2, -0.15) is 0 Å². The van der Waals surface area contributed by atoms with E-state index in [-0.39, 0.29) is 11.3 Å². The molecule has 0 aliphatic carbocycles. The van der Waals surface area contributed by atoms with E-state index in [4.69, 9.17) is 16.3 Å². The fourth-order valence-corrected chi connectivity index (χ4v) is 3.01. The van der Waals surface area contributed by atoms with Gasteiger partial charge in [-0.1, -0.05) is 38.4 Å². The highest BCUT2D eigenvalue weighted by Gasteiger charge is 2.32. The Labute approximate surface area is 132 Å². The van der Waals surface area contributed by atoms with Gasteiger partial charge in [-0.25, -0.2) is 0 Å². The van der Waals surface area contributed by atoms with Crippen molar-refractivity contribution in [3.63, 3.8) is 0 Å². The fourth-order valence-electron chi connectivity index (χ4n) is 2.83. The van der Waals surface area contributed by atoms with Gasteiger partial charge in [0, 0.05) is 18.1 Å². The molecule has 1 fully saturated rings. The van der Waals surface area contributed by atoms with Crippen LogP contribution in [0.25, 0.3) is 0 Å². The van der Waals surface area contributed by atoms with Gasteiger partial charge in [0.05, 0.1) is 0 Å². The van der Waals surface area contributed by atoms with Crippen molar-refractivity contribution in [3.05, 3.63) is 29.3 Å². The zero-order valence-corrected chi connectivity index (χ0v) is 13.8. The summed E-state index contributed by atoms with van der Waals surface area (Å²) in [6.07, 6.45) is 2.45. The summed E-state index contributed by atoms with van der Waals surface area (Å²) >= 11 is 5.96. The van der Waals surface area contributed by atoms with Crippen LogP contribution in [0.5, 0.6) is 5.75 Å². The molecule has 116 valence electrons. The summed E-state index contributed by atoms with van der Waals surface area (Å²) in [6.45, 7) is 8.04. The summed E-state index contributed by atoms with van der Waals surface area (Å²) in [7, 11) is 0. The van der Waals surface area contributed by atoms with Crippen LogP contribution in [-0.4, -0.2) is 30.0 Å². The molecule has 0 N–H and O–H groups in total. The standard InChI is InChI=1S/C17H24ClNO2/c1-4-15(21-14-8-5-7-13(18)11-14)16(20)19-10-6-9-17(2,3)12-19/h5,7-8,11,15H,4,6,9-10,12H2,1-3H3/t15-/m1/s1. The third-order valence-corrected chi connectivity index (χ3v) is 4.17. The molecule has 2 rings (SSSR count). The second-order valence-corrected chi connectivity index (χ2v) is 6.94. The predicted octanol–water partition coefficient (Wildman–Crippen LogP) is 4.15. The lowest BCUT2D eigenvalue weighted by Gasteiger charge is -2.39. The molecule has 0 saturated carbocycles. The third-order valence-electron chi connectivity index (χ3n) is 3.93. The highest BCUT2D eigenvalue weighted by molar-refractivity contribution is 6.30. The smallest absolute Gasteiger partial charge is 0.263 e. The van der Waals surface area contributed by atoms with Gasteiger partial charge in [-0.15, -0.1) is 0 Å². The summed E-state index contributed by atoms with van der Waals surface area (Å²) < 4.78 is 5.85. The Morgan fingerprint density at radius 3 is 2.86 bits per heavy atom. The molecule has 1 saturated heterocycles. The van der Waals surface area contributed by atoms with E-state index in [1.807, 2.05) is 24.0 Å². The topological polar surface area (TPSA) is 29.5 Å². The molecule has 1 aliphatic rings. The van der Waals surface area contributed by atoms with E-state index in [0.29, 0.717) is 17.2 Å². The van der Waals surface area contributed by atoms with Crippen LogP contribution in [0.15, 0.2) is 24.3 Å². The Hall–Kier alpha value is -1.22. The minimum Gasteiger partial charge on any atom is -0.481 e. The molecule has 1 heterocycles. The molecular weight excluding hydrogens is 286 g/mol. The van der Waals surface area contributed by atoms with Crippen molar-refractivity contribution in [1.29, 1.82) is 0 Å². The van der Waals surface area contributed by atoms with Gasteiger partial charge in [0.2, 0.25) is 0 Å². The lowest BCUT2D eigenvalue weighted by Crippen LogP contribution is -2.48. The Morgan fingerprint density at radius 1 is 1.48 bits per heavy atom. The van der Waals surface area contributed by atoms with Crippen LogP contribution in [0.3, 0.4) is 0 Å². The lowest BCUT2D eigenvalue weighted by molar-refractivity contribution is -0.142. The number of piperidine rings is 1. The van der Waals surface area contributed by atoms with Crippen LogP contribution in [0.4, 0.5) is 0 Å². The number of carbonyl (C=O) groups is 1. The maximum atomic E-state index is 12.7. The second kappa shape index (κ2) is 6.69. The molecule has 0 bridgehead atoms. The highest BCUT2D eigenvalue weighted by Crippen LogP contribution is 2.29. The van der Waals surface area contributed by atoms with Crippen molar-refractivity contribution >= 4 is 17.5 Å².